The van der Waals surface area contributed by atoms with Gasteiger partial charge in [-0.15, -0.1) is 0 Å². The van der Waals surface area contributed by atoms with Crippen LogP contribution in [0.15, 0.2) is 48.7 Å². The maximum absolute atomic E-state index is 13.7. The van der Waals surface area contributed by atoms with E-state index in [-0.39, 0.29) is 40.7 Å². The molecular weight excluding hydrogens is 477 g/mol. The Balaban J connectivity index is 1.33. The number of urea groups is 1. The summed E-state index contributed by atoms with van der Waals surface area (Å²) in [6.07, 6.45) is 2.70. The number of anilines is 4. The average molecular weight is 508 g/mol. The zero-order valence-corrected chi connectivity index (χ0v) is 21.0. The predicted octanol–water partition coefficient (Wildman–Crippen LogP) is 3.61. The Labute approximate surface area is 214 Å². The van der Waals surface area contributed by atoms with Crippen molar-refractivity contribution < 1.29 is 18.7 Å². The summed E-state index contributed by atoms with van der Waals surface area (Å²) < 4.78 is 18.9. The van der Waals surface area contributed by atoms with Crippen LogP contribution in [0.25, 0.3) is 0 Å². The number of rotatable bonds is 7. The molecule has 1 aliphatic heterocycles. The van der Waals surface area contributed by atoms with Gasteiger partial charge in [-0.1, -0.05) is 0 Å². The summed E-state index contributed by atoms with van der Waals surface area (Å²) in [5.74, 6) is -0.607. The number of hydrogen-bond acceptors (Lipinski definition) is 8. The van der Waals surface area contributed by atoms with Crippen molar-refractivity contribution in [3.8, 4) is 5.75 Å². The molecule has 0 atom stereocenters. The number of carbonyl (C=O) groups is 2. The molecule has 2 aromatic carbocycles. The third-order valence-corrected chi connectivity index (χ3v) is 6.22. The standard InChI is InChI=1S/C26H30FN7O3/c1-33(2)19-7-5-17(6-8-19)31-26(36)34-12-10-18(11-13-34)30-25-29-15-21(24(28)32-25)23(35)20-14-16(27)4-9-22(20)37-3/h4-9,14-15,18H,10-13H2,1-3H3,(H,31,36)(H3,28,29,30,32). The SMILES string of the molecule is COc1ccc(F)cc1C(=O)c1cnc(NC2CCN(C(=O)Nc3ccc(N(C)C)cc3)CC2)nc1N. The predicted molar refractivity (Wildman–Crippen MR) is 141 cm³/mol. The number of aromatic nitrogens is 2. The third kappa shape index (κ3) is 6.05. The van der Waals surface area contributed by atoms with Crippen molar-refractivity contribution in [2.75, 3.05) is 55.6 Å². The molecule has 1 aromatic heterocycles. The number of ether oxygens (including phenoxy) is 1. The Kier molecular flexibility index (Phi) is 7.71. The Hall–Kier alpha value is -4.41. The minimum atomic E-state index is -0.566. The Bertz CT molecular complexity index is 1280. The number of carbonyl (C=O) groups excluding carboxylic acids is 2. The van der Waals surface area contributed by atoms with E-state index in [1.165, 1.54) is 25.4 Å². The van der Waals surface area contributed by atoms with Crippen LogP contribution in [0, 0.1) is 5.82 Å². The lowest BCUT2D eigenvalue weighted by Gasteiger charge is -2.32. The van der Waals surface area contributed by atoms with E-state index in [0.29, 0.717) is 25.9 Å². The van der Waals surface area contributed by atoms with E-state index in [1.54, 1.807) is 4.90 Å². The van der Waals surface area contributed by atoms with E-state index in [2.05, 4.69) is 20.6 Å². The van der Waals surface area contributed by atoms with Gasteiger partial charge in [-0.3, -0.25) is 4.79 Å². The molecular formula is C26H30FN7O3. The summed E-state index contributed by atoms with van der Waals surface area (Å²) in [4.78, 5) is 37.8. The van der Waals surface area contributed by atoms with Crippen LogP contribution in [0.3, 0.4) is 0 Å². The number of hydrogen-bond donors (Lipinski definition) is 3. The van der Waals surface area contributed by atoms with Gasteiger partial charge in [-0.25, -0.2) is 14.2 Å². The fourth-order valence-corrected chi connectivity index (χ4v) is 4.10. The summed E-state index contributed by atoms with van der Waals surface area (Å²) in [5, 5.41) is 6.16. The van der Waals surface area contributed by atoms with Crippen molar-refractivity contribution in [2.45, 2.75) is 18.9 Å². The maximum Gasteiger partial charge on any atom is 0.321 e. The highest BCUT2D eigenvalue weighted by molar-refractivity contribution is 6.13. The fraction of sp³-hybridized carbons (Fsp3) is 0.308. The number of halogens is 1. The first kappa shape index (κ1) is 25.7. The van der Waals surface area contributed by atoms with Gasteiger partial charge in [0.1, 0.15) is 17.4 Å². The van der Waals surface area contributed by atoms with Crippen LogP contribution in [0.2, 0.25) is 0 Å². The van der Waals surface area contributed by atoms with Crippen LogP contribution in [-0.2, 0) is 0 Å². The number of piperidine rings is 1. The van der Waals surface area contributed by atoms with Crippen LogP contribution < -0.4 is 26.0 Å². The van der Waals surface area contributed by atoms with E-state index in [9.17, 15) is 14.0 Å². The lowest BCUT2D eigenvalue weighted by Crippen LogP contribution is -2.44. The Morgan fingerprint density at radius 3 is 2.43 bits per heavy atom. The molecule has 0 saturated carbocycles. The molecule has 0 unspecified atom stereocenters. The van der Waals surface area contributed by atoms with Gasteiger partial charge in [-0.2, -0.15) is 4.98 Å². The smallest absolute Gasteiger partial charge is 0.321 e. The zero-order chi connectivity index (χ0) is 26.5. The number of nitrogens with two attached hydrogens (primary N) is 1. The molecule has 0 bridgehead atoms. The van der Waals surface area contributed by atoms with Gasteiger partial charge in [0.15, 0.2) is 0 Å². The number of ketones is 1. The number of likely N-dealkylation sites (tertiary alicyclic amines) is 1. The Morgan fingerprint density at radius 1 is 1.11 bits per heavy atom. The minimum absolute atomic E-state index is 0.0223. The van der Waals surface area contributed by atoms with Crippen LogP contribution in [-0.4, -0.2) is 67.0 Å². The largest absolute Gasteiger partial charge is 0.496 e. The first-order chi connectivity index (χ1) is 17.7. The third-order valence-electron chi connectivity index (χ3n) is 6.22. The topological polar surface area (TPSA) is 126 Å². The molecule has 11 heteroatoms. The molecule has 10 nitrogen and oxygen atoms in total. The number of nitrogens with one attached hydrogen (secondary N) is 2. The maximum atomic E-state index is 13.7. The highest BCUT2D eigenvalue weighted by atomic mass is 19.1. The van der Waals surface area contributed by atoms with Crippen LogP contribution in [0.5, 0.6) is 5.75 Å². The van der Waals surface area contributed by atoms with Crippen molar-refractivity contribution in [3.05, 3.63) is 65.6 Å². The second kappa shape index (κ2) is 11.1. The van der Waals surface area contributed by atoms with Crippen LogP contribution in [0.1, 0.15) is 28.8 Å². The van der Waals surface area contributed by atoms with Gasteiger partial charge in [0, 0.05) is 50.8 Å². The summed E-state index contributed by atoms with van der Waals surface area (Å²) in [6, 6.07) is 11.2. The summed E-state index contributed by atoms with van der Waals surface area (Å²) in [5.41, 5.74) is 7.94. The molecule has 0 radical (unpaired) electrons. The fourth-order valence-electron chi connectivity index (χ4n) is 4.10. The number of methoxy groups -OCH3 is 1. The first-order valence-corrected chi connectivity index (χ1v) is 11.9. The van der Waals surface area contributed by atoms with Crippen molar-refractivity contribution in [1.29, 1.82) is 0 Å². The van der Waals surface area contributed by atoms with Gasteiger partial charge in [0.25, 0.3) is 0 Å². The average Bonchev–Trinajstić information content (AvgIpc) is 2.89. The molecule has 4 rings (SSSR count). The number of amides is 2. The lowest BCUT2D eigenvalue weighted by atomic mass is 10.0. The second-order valence-corrected chi connectivity index (χ2v) is 8.94. The summed E-state index contributed by atoms with van der Waals surface area (Å²) >= 11 is 0. The quantitative estimate of drug-likeness (QED) is 0.414. The molecule has 1 saturated heterocycles. The zero-order valence-electron chi connectivity index (χ0n) is 21.0. The molecule has 194 valence electrons. The molecule has 1 fully saturated rings. The molecule has 1 aliphatic rings. The number of nitrogens with zero attached hydrogens (tertiary/aromatic N) is 4. The van der Waals surface area contributed by atoms with Gasteiger partial charge in [0.2, 0.25) is 11.7 Å². The van der Waals surface area contributed by atoms with E-state index in [4.69, 9.17) is 10.5 Å². The molecule has 37 heavy (non-hydrogen) atoms. The minimum Gasteiger partial charge on any atom is -0.496 e. The van der Waals surface area contributed by atoms with Gasteiger partial charge < -0.3 is 30.9 Å². The van der Waals surface area contributed by atoms with E-state index >= 15 is 0 Å². The van der Waals surface area contributed by atoms with E-state index in [1.807, 2.05) is 43.3 Å². The highest BCUT2D eigenvalue weighted by Crippen LogP contribution is 2.25. The van der Waals surface area contributed by atoms with Gasteiger partial charge in [-0.05, 0) is 55.3 Å². The molecule has 0 spiro atoms. The van der Waals surface area contributed by atoms with Gasteiger partial charge in [0.05, 0.1) is 18.2 Å². The Morgan fingerprint density at radius 2 is 1.81 bits per heavy atom. The molecule has 3 aromatic rings. The number of nitrogen functional groups attached to an aromatic ring is 1. The monoisotopic (exact) mass is 507 g/mol. The number of benzene rings is 2. The van der Waals surface area contributed by atoms with E-state index in [0.717, 1.165) is 17.4 Å². The van der Waals surface area contributed by atoms with Crippen molar-refractivity contribution >= 4 is 35.0 Å². The van der Waals surface area contributed by atoms with Gasteiger partial charge >= 0.3 is 6.03 Å². The molecule has 0 aliphatic carbocycles. The molecule has 4 N–H and O–H groups in total. The molecule has 2 amide bonds. The van der Waals surface area contributed by atoms with Crippen molar-refractivity contribution in [2.24, 2.45) is 0 Å². The summed E-state index contributed by atoms with van der Waals surface area (Å²) in [6.45, 7) is 1.12. The van der Waals surface area contributed by atoms with Crippen molar-refractivity contribution in [3.63, 3.8) is 0 Å². The highest BCUT2D eigenvalue weighted by Gasteiger charge is 2.24. The van der Waals surface area contributed by atoms with E-state index < -0.39 is 11.6 Å². The summed E-state index contributed by atoms with van der Waals surface area (Å²) in [7, 11) is 5.32. The van der Waals surface area contributed by atoms with Crippen LogP contribution >= 0.6 is 0 Å². The first-order valence-electron chi connectivity index (χ1n) is 11.9. The second-order valence-electron chi connectivity index (χ2n) is 8.94. The van der Waals surface area contributed by atoms with Crippen molar-refractivity contribution in [1.82, 2.24) is 14.9 Å². The molecule has 2 heterocycles. The normalized spacial score (nSPS) is 13.7. The van der Waals surface area contributed by atoms with Crippen LogP contribution in [0.4, 0.5) is 32.3 Å². The lowest BCUT2D eigenvalue weighted by molar-refractivity contribution is 0.103.